The fraction of sp³-hybridized carbons (Fsp3) is 0.353. The first-order valence-corrected chi connectivity index (χ1v) is 16.3. The third kappa shape index (κ3) is 13.3. The van der Waals surface area contributed by atoms with Crippen LogP contribution in [0.25, 0.3) is 22.8 Å². The molecule has 280 valence electrons. The van der Waals surface area contributed by atoms with Crippen molar-refractivity contribution in [1.82, 2.24) is 35.1 Å². The SMILES string of the molecule is O=C([O-])CN(CC(=O)[O-])Cc1cccc(-c2cccc(-c3cccc(CN(CC(=O)[O-])[C@@H](CCCCNC(=O)ON4C(=O)CCC4=O)C(=O)[O-])n3)n2)n1.[Na+]. The van der Waals surface area contributed by atoms with E-state index in [0.717, 1.165) is 9.80 Å². The number of carboxylic acids is 4. The molecule has 3 aromatic heterocycles. The number of aliphatic carboxylic acids is 4. The van der Waals surface area contributed by atoms with E-state index in [0.29, 0.717) is 39.2 Å². The summed E-state index contributed by atoms with van der Waals surface area (Å²) in [6.45, 7) is -2.39. The van der Waals surface area contributed by atoms with Gasteiger partial charge in [0.15, 0.2) is 0 Å². The Morgan fingerprint density at radius 3 is 1.69 bits per heavy atom. The standard InChI is InChI=1S/C34H37N7O12.Na/c42-28-13-14-29(43)41(28)53-34(52)35-15-2-1-12-27(33(50)51)40(20-32(48)49)17-22-7-4-9-24(37-22)26-11-5-10-25(38-26)23-8-3-6-21(36-23)16-39(18-30(44)45)19-31(46)47;/h3-11,27H,1-2,12-20H2,(H,35,52)(H,44,45)(H,46,47)(H,48,49)(H,50,51);/q;+1/p-4/t27-;/m0./s1. The molecule has 0 unspecified atom stereocenters. The molecule has 1 atom stereocenters. The number of nitrogens with one attached hydrogen (secondary N) is 1. The molecule has 1 aliphatic rings. The van der Waals surface area contributed by atoms with Gasteiger partial charge in [0.05, 0.1) is 64.1 Å². The van der Waals surface area contributed by atoms with Crippen LogP contribution >= 0.6 is 0 Å². The Morgan fingerprint density at radius 1 is 0.704 bits per heavy atom. The van der Waals surface area contributed by atoms with E-state index in [2.05, 4.69) is 20.3 Å². The number of carbonyl (C=O) groups is 7. The van der Waals surface area contributed by atoms with E-state index in [1.807, 2.05) is 0 Å². The van der Waals surface area contributed by atoms with Gasteiger partial charge in [0.1, 0.15) is 0 Å². The van der Waals surface area contributed by atoms with Crippen LogP contribution in [0.5, 0.6) is 0 Å². The zero-order valence-electron chi connectivity index (χ0n) is 29.1. The third-order valence-electron chi connectivity index (χ3n) is 7.74. The second-order valence-corrected chi connectivity index (χ2v) is 11.8. The minimum absolute atomic E-state index is 0. The molecule has 0 radical (unpaired) electrons. The van der Waals surface area contributed by atoms with Crippen molar-refractivity contribution >= 4 is 41.8 Å². The molecule has 54 heavy (non-hydrogen) atoms. The number of amides is 3. The molecule has 3 amide bonds. The van der Waals surface area contributed by atoms with E-state index in [4.69, 9.17) is 4.84 Å². The number of hydrogen-bond acceptors (Lipinski definition) is 17. The predicted octanol–water partition coefficient (Wildman–Crippen LogP) is -6.86. The van der Waals surface area contributed by atoms with Crippen LogP contribution in [0, 0.1) is 0 Å². The molecular weight excluding hydrogens is 721 g/mol. The Kier molecular flexibility index (Phi) is 16.6. The van der Waals surface area contributed by atoms with E-state index in [-0.39, 0.29) is 81.3 Å². The molecule has 1 N–H and O–H groups in total. The minimum atomic E-state index is -1.53. The zero-order valence-corrected chi connectivity index (χ0v) is 31.1. The summed E-state index contributed by atoms with van der Waals surface area (Å²) in [4.78, 5) is 102. The molecule has 1 fully saturated rings. The van der Waals surface area contributed by atoms with Crippen molar-refractivity contribution in [3.05, 3.63) is 66.0 Å². The Hall–Kier alpha value is -5.34. The number of carbonyl (C=O) groups excluding carboxylic acids is 7. The Morgan fingerprint density at radius 2 is 1.19 bits per heavy atom. The smallest absolute Gasteiger partial charge is 0.549 e. The van der Waals surface area contributed by atoms with E-state index >= 15 is 0 Å². The normalized spacial score (nSPS) is 13.0. The number of imide groups is 1. The maximum absolute atomic E-state index is 12.2. The molecule has 3 aromatic rings. The molecule has 1 aliphatic heterocycles. The molecule has 19 nitrogen and oxygen atoms in total. The quantitative estimate of drug-likeness (QED) is 0.0637. The number of nitrogens with zero attached hydrogens (tertiary/aromatic N) is 6. The van der Waals surface area contributed by atoms with Gasteiger partial charge in [-0.25, -0.2) is 19.7 Å². The van der Waals surface area contributed by atoms with Crippen LogP contribution in [0.1, 0.15) is 43.5 Å². The largest absolute Gasteiger partial charge is 1.00 e. The van der Waals surface area contributed by atoms with Crippen LogP contribution in [-0.4, -0.2) is 104 Å². The van der Waals surface area contributed by atoms with Crippen LogP contribution in [-0.2, 0) is 46.7 Å². The number of hydroxylamine groups is 2. The maximum Gasteiger partial charge on any atom is 1.00 e. The fourth-order valence-corrected chi connectivity index (χ4v) is 5.43. The van der Waals surface area contributed by atoms with Gasteiger partial charge < -0.3 is 49.8 Å². The molecule has 4 rings (SSSR count). The zero-order chi connectivity index (χ0) is 38.5. The van der Waals surface area contributed by atoms with Gasteiger partial charge in [0.2, 0.25) is 0 Å². The van der Waals surface area contributed by atoms with Crippen molar-refractivity contribution in [2.75, 3.05) is 26.2 Å². The van der Waals surface area contributed by atoms with Crippen molar-refractivity contribution < 1.29 is 88.4 Å². The van der Waals surface area contributed by atoms with Gasteiger partial charge in [-0.05, 0) is 55.7 Å². The monoisotopic (exact) mass is 754 g/mol. The number of carboxylic acid groups (broad SMARTS) is 4. The summed E-state index contributed by atoms with van der Waals surface area (Å²) in [6.07, 6.45) is -0.784. The molecule has 0 aromatic carbocycles. The molecule has 1 saturated heterocycles. The fourth-order valence-electron chi connectivity index (χ4n) is 5.43. The molecule has 0 saturated carbocycles. The van der Waals surface area contributed by atoms with E-state index in [9.17, 15) is 54.0 Å². The van der Waals surface area contributed by atoms with Gasteiger partial charge in [-0.2, -0.15) is 0 Å². The second kappa shape index (κ2) is 20.8. The van der Waals surface area contributed by atoms with Gasteiger partial charge in [0.25, 0.3) is 11.8 Å². The van der Waals surface area contributed by atoms with Crippen molar-refractivity contribution in [2.45, 2.75) is 51.2 Å². The first-order valence-electron chi connectivity index (χ1n) is 16.3. The number of hydrogen-bond donors (Lipinski definition) is 1. The minimum Gasteiger partial charge on any atom is -0.549 e. The molecule has 0 bridgehead atoms. The van der Waals surface area contributed by atoms with Crippen molar-refractivity contribution in [3.8, 4) is 22.8 Å². The van der Waals surface area contributed by atoms with Crippen LogP contribution in [0.4, 0.5) is 4.79 Å². The molecule has 4 heterocycles. The van der Waals surface area contributed by atoms with Crippen LogP contribution in [0.3, 0.4) is 0 Å². The summed E-state index contributed by atoms with van der Waals surface area (Å²) in [5.41, 5.74) is 2.21. The second-order valence-electron chi connectivity index (χ2n) is 11.8. The van der Waals surface area contributed by atoms with Crippen molar-refractivity contribution in [3.63, 3.8) is 0 Å². The van der Waals surface area contributed by atoms with E-state index in [1.165, 1.54) is 0 Å². The molecule has 0 aliphatic carbocycles. The third-order valence-corrected chi connectivity index (χ3v) is 7.74. The van der Waals surface area contributed by atoms with Gasteiger partial charge in [-0.15, -0.1) is 5.06 Å². The Balaban J connectivity index is 0.00000784. The summed E-state index contributed by atoms with van der Waals surface area (Å²) in [6, 6.07) is 13.4. The first kappa shape index (κ1) is 43.1. The molecule has 0 spiro atoms. The predicted molar refractivity (Wildman–Crippen MR) is 170 cm³/mol. The van der Waals surface area contributed by atoms with Gasteiger partial charge >= 0.3 is 35.7 Å². The van der Waals surface area contributed by atoms with Crippen LogP contribution in [0.15, 0.2) is 54.6 Å². The van der Waals surface area contributed by atoms with Crippen molar-refractivity contribution in [2.24, 2.45) is 0 Å². The van der Waals surface area contributed by atoms with Crippen molar-refractivity contribution in [1.29, 1.82) is 0 Å². The summed E-state index contributed by atoms with van der Waals surface area (Å²) < 4.78 is 0. The summed E-state index contributed by atoms with van der Waals surface area (Å²) in [5.74, 6) is -7.28. The Labute approximate surface area is 330 Å². The number of rotatable bonds is 20. The number of aromatic nitrogens is 3. The summed E-state index contributed by atoms with van der Waals surface area (Å²) in [7, 11) is 0. The molecule has 20 heteroatoms. The first-order chi connectivity index (χ1) is 25.3. The van der Waals surface area contributed by atoms with E-state index < -0.39 is 67.5 Å². The van der Waals surface area contributed by atoms with Crippen LogP contribution < -0.4 is 55.3 Å². The van der Waals surface area contributed by atoms with Crippen LogP contribution in [0.2, 0.25) is 0 Å². The average Bonchev–Trinajstić information content (AvgIpc) is 3.41. The summed E-state index contributed by atoms with van der Waals surface area (Å²) >= 11 is 0. The van der Waals surface area contributed by atoms with Gasteiger partial charge in [-0.3, -0.25) is 19.4 Å². The molecular formula is C34H33N7NaO12-3. The number of unbranched alkanes of at least 4 members (excludes halogenated alkanes) is 1. The number of pyridine rings is 3. The van der Waals surface area contributed by atoms with E-state index in [1.54, 1.807) is 54.6 Å². The average molecular weight is 755 g/mol. The summed E-state index contributed by atoms with van der Waals surface area (Å²) in [5, 5.41) is 48.7. The van der Waals surface area contributed by atoms with Gasteiger partial charge in [0, 0.05) is 52.1 Å². The van der Waals surface area contributed by atoms with Gasteiger partial charge in [-0.1, -0.05) is 18.2 Å². The maximum atomic E-state index is 12.2. The topological polar surface area (TPSA) is 281 Å². The Bertz CT molecular complexity index is 1830.